The molecule has 9 heteroatoms. The Kier molecular flexibility index (Phi) is 5.06. The van der Waals surface area contributed by atoms with Crippen molar-refractivity contribution in [3.63, 3.8) is 0 Å². The number of amides is 1. The molecule has 154 valence electrons. The molecule has 1 aliphatic heterocycles. The quantitative estimate of drug-likeness (QED) is 0.375. The Morgan fingerprint density at radius 2 is 2.03 bits per heavy atom. The lowest BCUT2D eigenvalue weighted by Crippen LogP contribution is -2.50. The number of anilines is 1. The first-order chi connectivity index (χ1) is 14.3. The fourth-order valence-electron chi connectivity index (χ4n) is 3.42. The number of nitrogen functional groups attached to an aromatic ring is 1. The van der Waals surface area contributed by atoms with Gasteiger partial charge in [-0.2, -0.15) is 0 Å². The highest BCUT2D eigenvalue weighted by molar-refractivity contribution is 5.99. The largest absolute Gasteiger partial charge is 0.384 e. The van der Waals surface area contributed by atoms with Gasteiger partial charge in [-0.05, 0) is 37.3 Å². The van der Waals surface area contributed by atoms with Crippen LogP contribution in [0.25, 0.3) is 10.9 Å². The Balaban J connectivity index is 1.65. The summed E-state index contributed by atoms with van der Waals surface area (Å²) in [6.07, 6.45) is -2.65. The summed E-state index contributed by atoms with van der Waals surface area (Å²) >= 11 is 0. The predicted molar refractivity (Wildman–Crippen MR) is 112 cm³/mol. The Labute approximate surface area is 171 Å². The number of nitrogens with zero attached hydrogens (tertiary/aromatic N) is 2. The maximum absolute atomic E-state index is 13.0. The highest BCUT2D eigenvalue weighted by Gasteiger charge is 2.37. The summed E-state index contributed by atoms with van der Waals surface area (Å²) in [6, 6.07) is 12.0. The molecule has 1 saturated heterocycles. The number of rotatable bonds is 4. The molecule has 0 aliphatic carbocycles. The number of aryl methyl sites for hydroxylation is 1. The molecule has 1 amide bonds. The third kappa shape index (κ3) is 3.56. The summed E-state index contributed by atoms with van der Waals surface area (Å²) in [5.74, 6) is -0.641. The van der Waals surface area contributed by atoms with E-state index >= 15 is 0 Å². The second-order valence-electron chi connectivity index (χ2n) is 7.16. The van der Waals surface area contributed by atoms with E-state index in [-0.39, 0.29) is 23.7 Å². The summed E-state index contributed by atoms with van der Waals surface area (Å²) < 4.78 is 5.54. The number of benzene rings is 2. The van der Waals surface area contributed by atoms with Crippen molar-refractivity contribution in [3.05, 3.63) is 69.8 Å². The van der Waals surface area contributed by atoms with Gasteiger partial charge in [0.15, 0.2) is 6.10 Å². The third-order valence-corrected chi connectivity index (χ3v) is 5.07. The van der Waals surface area contributed by atoms with E-state index in [1.807, 2.05) is 31.2 Å². The van der Waals surface area contributed by atoms with Gasteiger partial charge in [-0.15, -0.1) is 0 Å². The van der Waals surface area contributed by atoms with Gasteiger partial charge in [-0.25, -0.2) is 4.98 Å². The first-order valence-corrected chi connectivity index (χ1v) is 9.41. The van der Waals surface area contributed by atoms with Crippen LogP contribution < -0.4 is 16.2 Å². The molecule has 2 aromatic carbocycles. The minimum absolute atomic E-state index is 0.0628. The molecule has 1 aromatic heterocycles. The van der Waals surface area contributed by atoms with E-state index in [9.17, 15) is 14.7 Å². The van der Waals surface area contributed by atoms with Gasteiger partial charge in [0.1, 0.15) is 17.8 Å². The number of ether oxygens (including phenoxy) is 1. The normalized spacial score (nSPS) is 17.9. The average molecular weight is 407 g/mol. The SMILES string of the molecule is Cc1ccc(N2CCO[C@H](C(O)c3nc4ccc(C(=N)N)cc4c(=O)[nH]3)C2=O)cc1. The van der Waals surface area contributed by atoms with Gasteiger partial charge < -0.3 is 25.5 Å². The third-order valence-electron chi connectivity index (χ3n) is 5.07. The van der Waals surface area contributed by atoms with Crippen LogP contribution in [0.4, 0.5) is 5.69 Å². The van der Waals surface area contributed by atoms with E-state index in [1.54, 1.807) is 17.0 Å². The molecular weight excluding hydrogens is 386 g/mol. The number of aromatic nitrogens is 2. The van der Waals surface area contributed by atoms with Gasteiger partial charge in [-0.1, -0.05) is 17.7 Å². The molecule has 0 saturated carbocycles. The van der Waals surface area contributed by atoms with Crippen LogP contribution in [-0.4, -0.2) is 46.1 Å². The first kappa shape index (κ1) is 19.7. The number of carbonyl (C=O) groups is 1. The summed E-state index contributed by atoms with van der Waals surface area (Å²) in [5.41, 5.74) is 7.45. The Morgan fingerprint density at radius 3 is 2.73 bits per heavy atom. The van der Waals surface area contributed by atoms with Crippen LogP contribution in [0.15, 0.2) is 47.3 Å². The number of nitrogens with two attached hydrogens (primary N) is 1. The van der Waals surface area contributed by atoms with Gasteiger partial charge in [0.2, 0.25) is 0 Å². The number of aliphatic hydroxyl groups is 1. The lowest BCUT2D eigenvalue weighted by molar-refractivity contribution is -0.143. The van der Waals surface area contributed by atoms with Crippen LogP contribution >= 0.6 is 0 Å². The van der Waals surface area contributed by atoms with Crippen molar-refractivity contribution in [2.24, 2.45) is 5.73 Å². The molecule has 5 N–H and O–H groups in total. The van der Waals surface area contributed by atoms with Gasteiger partial charge in [0.05, 0.1) is 17.5 Å². The molecule has 0 bridgehead atoms. The van der Waals surface area contributed by atoms with Crippen molar-refractivity contribution in [2.75, 3.05) is 18.1 Å². The molecule has 9 nitrogen and oxygen atoms in total. The predicted octanol–water partition coefficient (Wildman–Crippen LogP) is 0.981. The van der Waals surface area contributed by atoms with Crippen LogP contribution in [0.5, 0.6) is 0 Å². The van der Waals surface area contributed by atoms with E-state index in [4.69, 9.17) is 15.9 Å². The van der Waals surface area contributed by atoms with Crippen molar-refractivity contribution in [2.45, 2.75) is 19.1 Å². The van der Waals surface area contributed by atoms with Crippen molar-refractivity contribution >= 4 is 28.3 Å². The topological polar surface area (TPSA) is 145 Å². The van der Waals surface area contributed by atoms with Crippen molar-refractivity contribution < 1.29 is 14.6 Å². The van der Waals surface area contributed by atoms with Crippen LogP contribution in [0, 0.1) is 12.3 Å². The smallest absolute Gasteiger partial charge is 0.259 e. The van der Waals surface area contributed by atoms with Gasteiger partial charge in [0, 0.05) is 17.8 Å². The number of aliphatic hydroxyl groups excluding tert-OH is 1. The maximum Gasteiger partial charge on any atom is 0.259 e. The highest BCUT2D eigenvalue weighted by Crippen LogP contribution is 2.25. The Hall–Kier alpha value is -3.56. The second-order valence-corrected chi connectivity index (χ2v) is 7.16. The van der Waals surface area contributed by atoms with Gasteiger partial charge in [-0.3, -0.25) is 15.0 Å². The highest BCUT2D eigenvalue weighted by atomic mass is 16.5. The zero-order valence-corrected chi connectivity index (χ0v) is 16.3. The summed E-state index contributed by atoms with van der Waals surface area (Å²) in [7, 11) is 0. The zero-order chi connectivity index (χ0) is 21.4. The molecule has 0 radical (unpaired) electrons. The molecule has 2 atom stereocenters. The lowest BCUT2D eigenvalue weighted by atomic mass is 10.1. The molecule has 1 aliphatic rings. The van der Waals surface area contributed by atoms with Crippen molar-refractivity contribution in [1.82, 2.24) is 9.97 Å². The lowest BCUT2D eigenvalue weighted by Gasteiger charge is -2.34. The van der Waals surface area contributed by atoms with E-state index in [2.05, 4.69) is 9.97 Å². The molecule has 1 unspecified atom stereocenters. The van der Waals surface area contributed by atoms with Crippen LogP contribution in [0.2, 0.25) is 0 Å². The molecule has 4 rings (SSSR count). The molecule has 3 aromatic rings. The number of hydrogen-bond donors (Lipinski definition) is 4. The second kappa shape index (κ2) is 7.69. The van der Waals surface area contributed by atoms with Gasteiger partial charge in [0.25, 0.3) is 11.5 Å². The standard InChI is InChI=1S/C21H21N5O4/c1-11-2-5-13(6-3-11)26-8-9-30-17(21(26)29)16(27)19-24-15-7-4-12(18(22)23)10-14(15)20(28)25-19/h2-7,10,16-17,27H,8-9H2,1H3,(H3,22,23)(H,24,25,28)/t16?,17-/m1/s1. The number of hydrogen-bond acceptors (Lipinski definition) is 6. The number of H-pyrrole nitrogens is 1. The van der Waals surface area contributed by atoms with Crippen molar-refractivity contribution in [1.29, 1.82) is 5.41 Å². The molecule has 0 spiro atoms. The summed E-state index contributed by atoms with van der Waals surface area (Å²) in [6.45, 7) is 2.56. The number of aromatic amines is 1. The van der Waals surface area contributed by atoms with E-state index < -0.39 is 23.7 Å². The van der Waals surface area contributed by atoms with E-state index in [0.717, 1.165) is 5.56 Å². The van der Waals surface area contributed by atoms with Crippen LogP contribution in [0.1, 0.15) is 23.1 Å². The minimum Gasteiger partial charge on any atom is -0.384 e. The maximum atomic E-state index is 13.0. The van der Waals surface area contributed by atoms with Crippen LogP contribution in [0.3, 0.4) is 0 Å². The molecular formula is C21H21N5O4. The minimum atomic E-state index is -1.45. The van der Waals surface area contributed by atoms with Crippen molar-refractivity contribution in [3.8, 4) is 0 Å². The molecule has 1 fully saturated rings. The summed E-state index contributed by atoms with van der Waals surface area (Å²) in [4.78, 5) is 33.8. The molecule has 2 heterocycles. The zero-order valence-electron chi connectivity index (χ0n) is 16.3. The van der Waals surface area contributed by atoms with Gasteiger partial charge >= 0.3 is 0 Å². The number of carbonyl (C=O) groups excluding carboxylic acids is 1. The fourth-order valence-corrected chi connectivity index (χ4v) is 3.42. The number of amidine groups is 1. The van der Waals surface area contributed by atoms with E-state index in [1.165, 1.54) is 6.07 Å². The first-order valence-electron chi connectivity index (χ1n) is 9.41. The monoisotopic (exact) mass is 407 g/mol. The Bertz CT molecular complexity index is 1190. The Morgan fingerprint density at radius 1 is 1.30 bits per heavy atom. The number of fused-ring (bicyclic) bond motifs is 1. The number of nitrogens with one attached hydrogen (secondary N) is 2. The molecule has 30 heavy (non-hydrogen) atoms. The van der Waals surface area contributed by atoms with Crippen LogP contribution in [-0.2, 0) is 9.53 Å². The summed E-state index contributed by atoms with van der Waals surface area (Å²) in [5, 5.41) is 18.5. The number of morpholine rings is 1. The average Bonchev–Trinajstić information content (AvgIpc) is 2.74. The van der Waals surface area contributed by atoms with E-state index in [0.29, 0.717) is 23.3 Å². The fraction of sp³-hybridized carbons (Fsp3) is 0.238.